The number of aromatic hydroxyl groups is 1. The van der Waals surface area contributed by atoms with Crippen LogP contribution in [0.25, 0.3) is 0 Å². The van der Waals surface area contributed by atoms with E-state index in [2.05, 4.69) is 17.6 Å². The maximum Gasteiger partial charge on any atom is 0.408 e. The average molecular weight is 626 g/mol. The summed E-state index contributed by atoms with van der Waals surface area (Å²) >= 11 is 0. The van der Waals surface area contributed by atoms with Gasteiger partial charge < -0.3 is 30.1 Å². The van der Waals surface area contributed by atoms with Gasteiger partial charge in [0, 0.05) is 19.5 Å². The van der Waals surface area contributed by atoms with E-state index in [4.69, 9.17) is 9.47 Å². The summed E-state index contributed by atoms with van der Waals surface area (Å²) in [6.07, 6.45) is 2.80. The number of carbonyl (C=O) groups excluding carboxylic acids is 4. The first-order chi connectivity index (χ1) is 21.2. The Hall–Kier alpha value is -4.08. The molecule has 10 nitrogen and oxygen atoms in total. The zero-order valence-corrected chi connectivity index (χ0v) is 27.9. The molecule has 10 heteroatoms. The summed E-state index contributed by atoms with van der Waals surface area (Å²) in [6, 6.07) is 10.0. The number of rotatable bonds is 16. The molecule has 0 fully saturated rings. The van der Waals surface area contributed by atoms with Gasteiger partial charge in [-0.05, 0) is 71.2 Å². The van der Waals surface area contributed by atoms with E-state index >= 15 is 0 Å². The number of nitrogens with zero attached hydrogens (tertiary/aromatic N) is 1. The predicted octanol–water partition coefficient (Wildman–Crippen LogP) is 5.66. The Morgan fingerprint density at radius 3 is 2.16 bits per heavy atom. The van der Waals surface area contributed by atoms with Gasteiger partial charge in [-0.25, -0.2) is 4.79 Å². The highest BCUT2D eigenvalue weighted by atomic mass is 16.6. The minimum atomic E-state index is -1.07. The van der Waals surface area contributed by atoms with Crippen molar-refractivity contribution in [3.63, 3.8) is 0 Å². The van der Waals surface area contributed by atoms with Crippen molar-refractivity contribution in [2.45, 2.75) is 105 Å². The molecule has 45 heavy (non-hydrogen) atoms. The van der Waals surface area contributed by atoms with E-state index in [1.54, 1.807) is 39.8 Å². The maximum absolute atomic E-state index is 14.6. The zero-order valence-electron chi connectivity index (χ0n) is 27.9. The van der Waals surface area contributed by atoms with Crippen molar-refractivity contribution in [1.29, 1.82) is 0 Å². The van der Waals surface area contributed by atoms with Gasteiger partial charge in [0.25, 0.3) is 0 Å². The van der Waals surface area contributed by atoms with Crippen LogP contribution in [-0.4, -0.2) is 65.2 Å². The second-order valence-corrected chi connectivity index (χ2v) is 12.3. The fourth-order valence-electron chi connectivity index (χ4n) is 5.05. The molecule has 0 saturated heterocycles. The van der Waals surface area contributed by atoms with E-state index in [1.165, 1.54) is 17.0 Å². The van der Waals surface area contributed by atoms with Crippen LogP contribution in [0.15, 0.2) is 42.5 Å². The SMILES string of the molecule is CCCCCCN(C(=O)C(Cc1ccc(O)cc1)NC(=O)OC(C)(C)C)C(C(=O)NCCC(=O)OCC)c1cc(C)cc(C)c1. The predicted molar refractivity (Wildman–Crippen MR) is 174 cm³/mol. The smallest absolute Gasteiger partial charge is 0.408 e. The van der Waals surface area contributed by atoms with Crippen molar-refractivity contribution in [3.8, 4) is 5.75 Å². The third-order valence-corrected chi connectivity index (χ3v) is 6.95. The molecule has 0 bridgehead atoms. The second-order valence-electron chi connectivity index (χ2n) is 12.3. The van der Waals surface area contributed by atoms with E-state index in [0.29, 0.717) is 17.5 Å². The normalized spacial score (nSPS) is 12.5. The van der Waals surface area contributed by atoms with Gasteiger partial charge in [-0.3, -0.25) is 14.4 Å². The number of aryl methyl sites for hydroxylation is 2. The number of hydrogen-bond acceptors (Lipinski definition) is 7. The zero-order chi connectivity index (χ0) is 33.6. The van der Waals surface area contributed by atoms with Crippen molar-refractivity contribution < 1.29 is 33.8 Å². The third-order valence-electron chi connectivity index (χ3n) is 6.95. The van der Waals surface area contributed by atoms with Crippen molar-refractivity contribution in [2.24, 2.45) is 0 Å². The van der Waals surface area contributed by atoms with Gasteiger partial charge in [-0.1, -0.05) is 67.6 Å². The number of benzene rings is 2. The number of phenolic OH excluding ortho intramolecular Hbond substituents is 1. The molecule has 2 aromatic rings. The minimum Gasteiger partial charge on any atom is -0.508 e. The molecule has 3 N–H and O–H groups in total. The summed E-state index contributed by atoms with van der Waals surface area (Å²) in [5.74, 6) is -1.23. The minimum absolute atomic E-state index is 0.00668. The lowest BCUT2D eigenvalue weighted by atomic mass is 9.97. The lowest BCUT2D eigenvalue weighted by Crippen LogP contribution is -2.54. The lowest BCUT2D eigenvalue weighted by Gasteiger charge is -2.35. The van der Waals surface area contributed by atoms with E-state index in [9.17, 15) is 24.3 Å². The average Bonchev–Trinajstić information content (AvgIpc) is 2.93. The van der Waals surface area contributed by atoms with Crippen molar-refractivity contribution >= 4 is 23.9 Å². The molecule has 0 radical (unpaired) electrons. The fourth-order valence-corrected chi connectivity index (χ4v) is 5.05. The topological polar surface area (TPSA) is 134 Å². The van der Waals surface area contributed by atoms with Crippen molar-refractivity contribution in [3.05, 3.63) is 64.7 Å². The number of amides is 3. The molecule has 2 atom stereocenters. The molecular weight excluding hydrogens is 574 g/mol. The maximum atomic E-state index is 14.6. The Morgan fingerprint density at radius 2 is 1.58 bits per heavy atom. The number of unbranched alkanes of at least 4 members (excludes halogenated alkanes) is 3. The number of phenols is 1. The Morgan fingerprint density at radius 1 is 0.933 bits per heavy atom. The molecule has 0 saturated carbocycles. The van der Waals surface area contributed by atoms with Gasteiger partial charge >= 0.3 is 12.1 Å². The highest BCUT2D eigenvalue weighted by Gasteiger charge is 2.36. The number of carbonyl (C=O) groups is 4. The molecule has 2 rings (SSSR count). The molecule has 0 aromatic heterocycles. The molecule has 0 aliphatic heterocycles. The Balaban J connectivity index is 2.57. The van der Waals surface area contributed by atoms with Crippen LogP contribution in [0.5, 0.6) is 5.75 Å². The van der Waals surface area contributed by atoms with Crippen LogP contribution in [0, 0.1) is 13.8 Å². The molecule has 0 heterocycles. The highest BCUT2D eigenvalue weighted by molar-refractivity contribution is 5.92. The van der Waals surface area contributed by atoms with Crippen LogP contribution in [0.1, 0.15) is 95.0 Å². The summed E-state index contributed by atoms with van der Waals surface area (Å²) in [7, 11) is 0. The van der Waals surface area contributed by atoms with Gasteiger partial charge in [0.05, 0.1) is 13.0 Å². The summed E-state index contributed by atoms with van der Waals surface area (Å²) in [6.45, 7) is 13.4. The largest absolute Gasteiger partial charge is 0.508 e. The van der Waals surface area contributed by atoms with E-state index in [-0.39, 0.29) is 38.3 Å². The number of alkyl carbamates (subject to hydrolysis) is 1. The van der Waals surface area contributed by atoms with E-state index in [1.807, 2.05) is 32.0 Å². The summed E-state index contributed by atoms with van der Waals surface area (Å²) in [4.78, 5) is 55.1. The third kappa shape index (κ3) is 13.2. The van der Waals surface area contributed by atoms with Crippen LogP contribution in [-0.2, 0) is 30.3 Å². The number of esters is 1. The summed E-state index contributed by atoms with van der Waals surface area (Å²) in [5, 5.41) is 15.4. The molecule has 3 amide bonds. The highest BCUT2D eigenvalue weighted by Crippen LogP contribution is 2.26. The molecule has 0 aliphatic rings. The molecule has 248 valence electrons. The first-order valence-corrected chi connectivity index (χ1v) is 15.8. The Bertz CT molecular complexity index is 1250. The monoisotopic (exact) mass is 625 g/mol. The number of ether oxygens (including phenoxy) is 2. The first-order valence-electron chi connectivity index (χ1n) is 15.8. The van der Waals surface area contributed by atoms with Crippen molar-refractivity contribution in [2.75, 3.05) is 19.7 Å². The Kier molecular flexibility index (Phi) is 14.9. The van der Waals surface area contributed by atoms with Gasteiger partial charge in [-0.2, -0.15) is 0 Å². The van der Waals surface area contributed by atoms with E-state index < -0.39 is 41.6 Å². The lowest BCUT2D eigenvalue weighted by molar-refractivity contribution is -0.144. The standard InChI is InChI=1S/C35H51N3O7/c1-8-10-11-12-19-38(31(27-21-24(3)20-25(4)22-27)32(41)36-18-17-30(40)44-9-2)33(42)29(37-34(43)45-35(5,6)7)23-26-13-15-28(39)16-14-26/h13-16,20-22,29,31,39H,8-12,17-19,23H2,1-7H3,(H,36,41)(H,37,43). The summed E-state index contributed by atoms with van der Waals surface area (Å²) < 4.78 is 10.5. The number of nitrogens with one attached hydrogen (secondary N) is 2. The van der Waals surface area contributed by atoms with Crippen LogP contribution >= 0.6 is 0 Å². The van der Waals surface area contributed by atoms with Gasteiger partial charge in [-0.15, -0.1) is 0 Å². The quantitative estimate of drug-likeness (QED) is 0.162. The Labute approximate surface area is 267 Å². The van der Waals surface area contributed by atoms with Crippen LogP contribution in [0.2, 0.25) is 0 Å². The molecule has 0 spiro atoms. The van der Waals surface area contributed by atoms with Crippen molar-refractivity contribution in [1.82, 2.24) is 15.5 Å². The van der Waals surface area contributed by atoms with Crippen LogP contribution < -0.4 is 10.6 Å². The van der Waals surface area contributed by atoms with E-state index in [0.717, 1.165) is 30.4 Å². The van der Waals surface area contributed by atoms with Gasteiger partial charge in [0.2, 0.25) is 11.8 Å². The second kappa shape index (κ2) is 18.0. The van der Waals surface area contributed by atoms with Crippen LogP contribution in [0.3, 0.4) is 0 Å². The molecular formula is C35H51N3O7. The molecule has 2 aromatic carbocycles. The van der Waals surface area contributed by atoms with Gasteiger partial charge in [0.1, 0.15) is 23.4 Å². The number of hydrogen-bond donors (Lipinski definition) is 3. The summed E-state index contributed by atoms with van der Waals surface area (Å²) in [5.41, 5.74) is 2.40. The molecule has 2 unspecified atom stereocenters. The van der Waals surface area contributed by atoms with Crippen LogP contribution in [0.4, 0.5) is 4.79 Å². The molecule has 0 aliphatic carbocycles. The fraction of sp³-hybridized carbons (Fsp3) is 0.543. The first kappa shape index (κ1) is 37.1. The van der Waals surface area contributed by atoms with Gasteiger partial charge in [0.15, 0.2) is 0 Å².